The largest absolute Gasteiger partial charge is 0.493 e. The monoisotopic (exact) mass is 394 g/mol. The van der Waals surface area contributed by atoms with Crippen LogP contribution in [0.15, 0.2) is 53.2 Å². The molecule has 0 bridgehead atoms. The summed E-state index contributed by atoms with van der Waals surface area (Å²) >= 11 is 0. The van der Waals surface area contributed by atoms with Gasteiger partial charge in [-0.2, -0.15) is 0 Å². The van der Waals surface area contributed by atoms with Crippen LogP contribution in [-0.2, 0) is 14.3 Å². The van der Waals surface area contributed by atoms with E-state index in [4.69, 9.17) is 14.2 Å². The number of amides is 1. The van der Waals surface area contributed by atoms with Crippen LogP contribution in [0, 0.1) is 0 Å². The van der Waals surface area contributed by atoms with E-state index in [-0.39, 0.29) is 17.5 Å². The molecule has 3 rings (SSSR count). The number of rotatable bonds is 7. The van der Waals surface area contributed by atoms with Gasteiger partial charge in [0, 0.05) is 23.7 Å². The second kappa shape index (κ2) is 9.05. The molecule has 0 saturated carbocycles. The second-order valence-corrected chi connectivity index (χ2v) is 6.32. The first-order valence-corrected chi connectivity index (χ1v) is 9.22. The van der Waals surface area contributed by atoms with E-state index in [1.807, 2.05) is 19.1 Å². The third kappa shape index (κ3) is 4.82. The Morgan fingerprint density at radius 3 is 2.62 bits per heavy atom. The van der Waals surface area contributed by atoms with Gasteiger partial charge in [-0.25, -0.2) is 9.79 Å². The van der Waals surface area contributed by atoms with Crippen LogP contribution in [0.25, 0.3) is 6.08 Å². The molecular formula is C22H22N2O5. The van der Waals surface area contributed by atoms with Crippen LogP contribution in [0.3, 0.4) is 0 Å². The number of aliphatic imine (C=N–C) groups is 1. The lowest BCUT2D eigenvalue weighted by atomic mass is 10.1. The molecule has 0 spiro atoms. The summed E-state index contributed by atoms with van der Waals surface area (Å²) in [7, 11) is 1.57. The van der Waals surface area contributed by atoms with Crippen LogP contribution in [0.4, 0.5) is 5.69 Å². The smallest absolute Gasteiger partial charge is 0.363 e. The summed E-state index contributed by atoms with van der Waals surface area (Å²) < 4.78 is 16.5. The predicted octanol–water partition coefficient (Wildman–Crippen LogP) is 3.79. The summed E-state index contributed by atoms with van der Waals surface area (Å²) in [4.78, 5) is 27.8. The van der Waals surface area contributed by atoms with Gasteiger partial charge in [0.2, 0.25) is 11.8 Å². The first-order valence-electron chi connectivity index (χ1n) is 9.22. The topological polar surface area (TPSA) is 86.2 Å². The van der Waals surface area contributed by atoms with E-state index in [0.717, 1.165) is 6.42 Å². The molecule has 1 N–H and O–H groups in total. The van der Waals surface area contributed by atoms with E-state index in [1.54, 1.807) is 43.5 Å². The third-order valence-electron chi connectivity index (χ3n) is 4.04. The molecule has 1 aliphatic rings. The maximum Gasteiger partial charge on any atom is 0.363 e. The number of nitrogens with one attached hydrogen (secondary N) is 1. The summed E-state index contributed by atoms with van der Waals surface area (Å²) in [5.74, 6) is 0.633. The summed E-state index contributed by atoms with van der Waals surface area (Å²) in [5.41, 5.74) is 2.12. The molecule has 2 aromatic rings. The average molecular weight is 394 g/mol. The van der Waals surface area contributed by atoms with Crippen molar-refractivity contribution in [2.75, 3.05) is 19.0 Å². The zero-order valence-corrected chi connectivity index (χ0v) is 16.5. The number of carbonyl (C=O) groups is 2. The molecule has 7 nitrogen and oxygen atoms in total. The fraction of sp³-hybridized carbons (Fsp3) is 0.227. The van der Waals surface area contributed by atoms with Crippen LogP contribution in [-0.4, -0.2) is 31.5 Å². The number of cyclic esters (lactones) is 1. The zero-order chi connectivity index (χ0) is 20.8. The van der Waals surface area contributed by atoms with Crippen LogP contribution in [0.2, 0.25) is 0 Å². The normalized spacial score (nSPS) is 14.4. The molecular weight excluding hydrogens is 372 g/mol. The van der Waals surface area contributed by atoms with Crippen molar-refractivity contribution in [2.24, 2.45) is 4.99 Å². The van der Waals surface area contributed by atoms with Crippen molar-refractivity contribution >= 4 is 29.5 Å². The standard InChI is InChI=1S/C22H22N2O5/c1-4-12-28-20-16(6-5-7-19(20)27-3)13-18-22(26)29-21(24-18)15-8-10-17(11-9-15)23-14(2)25/h5-11,13H,4,12H2,1-3H3,(H,23,25)/b18-13-. The number of esters is 1. The van der Waals surface area contributed by atoms with Gasteiger partial charge in [-0.15, -0.1) is 0 Å². The van der Waals surface area contributed by atoms with Gasteiger partial charge >= 0.3 is 5.97 Å². The number of hydrogen-bond donors (Lipinski definition) is 1. The lowest BCUT2D eigenvalue weighted by Gasteiger charge is -2.12. The van der Waals surface area contributed by atoms with E-state index in [9.17, 15) is 9.59 Å². The molecule has 1 aliphatic heterocycles. The molecule has 0 aliphatic carbocycles. The molecule has 7 heteroatoms. The van der Waals surface area contributed by atoms with Crippen LogP contribution in [0.1, 0.15) is 31.4 Å². The Kier molecular flexibility index (Phi) is 6.29. The summed E-state index contributed by atoms with van der Waals surface area (Å²) in [6.07, 6.45) is 2.46. The third-order valence-corrected chi connectivity index (χ3v) is 4.04. The minimum Gasteiger partial charge on any atom is -0.493 e. The highest BCUT2D eigenvalue weighted by molar-refractivity contribution is 6.13. The molecule has 0 saturated heterocycles. The van der Waals surface area contributed by atoms with Crippen molar-refractivity contribution in [1.29, 1.82) is 0 Å². The Morgan fingerprint density at radius 2 is 1.97 bits per heavy atom. The number of benzene rings is 2. The first kappa shape index (κ1) is 20.1. The van der Waals surface area contributed by atoms with Crippen molar-refractivity contribution in [2.45, 2.75) is 20.3 Å². The number of ether oxygens (including phenoxy) is 3. The number of carbonyl (C=O) groups excluding carboxylic acids is 2. The minimum atomic E-state index is -0.546. The molecule has 0 aromatic heterocycles. The van der Waals surface area contributed by atoms with E-state index in [2.05, 4.69) is 10.3 Å². The molecule has 0 fully saturated rings. The van der Waals surface area contributed by atoms with Gasteiger partial charge in [0.25, 0.3) is 0 Å². The van der Waals surface area contributed by atoms with Crippen molar-refractivity contribution in [1.82, 2.24) is 0 Å². The lowest BCUT2D eigenvalue weighted by Crippen LogP contribution is -2.07. The van der Waals surface area contributed by atoms with Gasteiger partial charge in [0.1, 0.15) is 0 Å². The van der Waals surface area contributed by atoms with E-state index in [1.165, 1.54) is 6.92 Å². The summed E-state index contributed by atoms with van der Waals surface area (Å²) in [6, 6.07) is 12.3. The average Bonchev–Trinajstić information content (AvgIpc) is 3.07. The Labute approximate surface area is 169 Å². The Bertz CT molecular complexity index is 977. The Balaban J connectivity index is 1.90. The highest BCUT2D eigenvalue weighted by Gasteiger charge is 2.25. The fourth-order valence-electron chi connectivity index (χ4n) is 2.75. The molecule has 0 radical (unpaired) electrons. The Hall–Kier alpha value is -3.61. The van der Waals surface area contributed by atoms with Crippen molar-refractivity contribution < 1.29 is 23.8 Å². The molecule has 2 aromatic carbocycles. The van der Waals surface area contributed by atoms with Gasteiger partial charge in [-0.1, -0.05) is 19.1 Å². The maximum atomic E-state index is 12.3. The number of nitrogens with zero attached hydrogens (tertiary/aromatic N) is 1. The van der Waals surface area contributed by atoms with Crippen molar-refractivity contribution in [3.8, 4) is 11.5 Å². The van der Waals surface area contributed by atoms with Gasteiger partial charge in [0.15, 0.2) is 17.2 Å². The van der Waals surface area contributed by atoms with Gasteiger partial charge in [-0.3, -0.25) is 4.79 Å². The minimum absolute atomic E-state index is 0.160. The van der Waals surface area contributed by atoms with E-state index >= 15 is 0 Å². The van der Waals surface area contributed by atoms with E-state index < -0.39 is 5.97 Å². The quantitative estimate of drug-likeness (QED) is 0.570. The molecule has 1 amide bonds. The van der Waals surface area contributed by atoms with Crippen molar-refractivity contribution in [3.05, 3.63) is 59.3 Å². The zero-order valence-electron chi connectivity index (χ0n) is 16.5. The predicted molar refractivity (Wildman–Crippen MR) is 110 cm³/mol. The van der Waals surface area contributed by atoms with Gasteiger partial charge in [0.05, 0.1) is 13.7 Å². The molecule has 0 unspecified atom stereocenters. The molecule has 1 heterocycles. The molecule has 29 heavy (non-hydrogen) atoms. The van der Waals surface area contributed by atoms with Crippen LogP contribution >= 0.6 is 0 Å². The van der Waals surface area contributed by atoms with Gasteiger partial charge < -0.3 is 19.5 Å². The highest BCUT2D eigenvalue weighted by Crippen LogP contribution is 2.33. The second-order valence-electron chi connectivity index (χ2n) is 6.32. The lowest BCUT2D eigenvalue weighted by molar-refractivity contribution is -0.129. The number of anilines is 1. The first-order chi connectivity index (χ1) is 14.0. The number of para-hydroxylation sites is 1. The van der Waals surface area contributed by atoms with Gasteiger partial charge in [-0.05, 0) is 42.8 Å². The fourth-order valence-corrected chi connectivity index (χ4v) is 2.75. The summed E-state index contributed by atoms with van der Waals surface area (Å²) in [6.45, 7) is 3.97. The molecule has 150 valence electrons. The van der Waals surface area contributed by atoms with Crippen LogP contribution in [0.5, 0.6) is 11.5 Å². The van der Waals surface area contributed by atoms with E-state index in [0.29, 0.717) is 34.9 Å². The Morgan fingerprint density at radius 1 is 1.21 bits per heavy atom. The maximum absolute atomic E-state index is 12.3. The number of hydrogen-bond acceptors (Lipinski definition) is 6. The summed E-state index contributed by atoms with van der Waals surface area (Å²) in [5, 5.41) is 2.68. The van der Waals surface area contributed by atoms with Crippen LogP contribution < -0.4 is 14.8 Å². The number of methoxy groups -OCH3 is 1. The highest BCUT2D eigenvalue weighted by atomic mass is 16.6. The SMILES string of the molecule is CCCOc1c(/C=C2\N=C(c3ccc(NC(C)=O)cc3)OC2=O)cccc1OC. The van der Waals surface area contributed by atoms with Crippen molar-refractivity contribution in [3.63, 3.8) is 0 Å². The molecule has 0 atom stereocenters.